The number of fused-ring (bicyclic) bond motifs is 2. The summed E-state index contributed by atoms with van der Waals surface area (Å²) in [5.74, 6) is -0.564. The summed E-state index contributed by atoms with van der Waals surface area (Å²) in [5.41, 5.74) is -1.18. The van der Waals surface area contributed by atoms with E-state index in [9.17, 15) is 40.3 Å². The molecule has 0 saturated heterocycles. The zero-order valence-corrected chi connectivity index (χ0v) is 35.9. The van der Waals surface area contributed by atoms with E-state index in [4.69, 9.17) is 9.47 Å². The van der Waals surface area contributed by atoms with Crippen LogP contribution in [0, 0.1) is 12.7 Å². The zero-order chi connectivity index (χ0) is 47.5. The van der Waals surface area contributed by atoms with E-state index in [-0.39, 0.29) is 34.7 Å². The molecule has 0 aliphatic rings. The molecule has 0 fully saturated rings. The number of alkyl halides is 6. The van der Waals surface area contributed by atoms with Crippen molar-refractivity contribution in [1.82, 2.24) is 19.1 Å². The van der Waals surface area contributed by atoms with Gasteiger partial charge in [-0.25, -0.2) is 4.39 Å². The van der Waals surface area contributed by atoms with E-state index in [0.717, 1.165) is 29.8 Å². The Bertz CT molecular complexity index is 3120. The maximum atomic E-state index is 14.0. The Morgan fingerprint density at radius 1 is 0.530 bits per heavy atom. The molecule has 8 aromatic rings. The highest BCUT2D eigenvalue weighted by Gasteiger charge is 2.37. The molecule has 4 aromatic carbocycles. The fourth-order valence-corrected chi connectivity index (χ4v) is 6.96. The molecule has 8 rings (SSSR count). The van der Waals surface area contributed by atoms with Gasteiger partial charge in [0.05, 0.1) is 34.1 Å². The highest BCUT2D eigenvalue weighted by Crippen LogP contribution is 2.39. The second-order valence-corrected chi connectivity index (χ2v) is 15.5. The Hall–Kier alpha value is -7.69. The van der Waals surface area contributed by atoms with Crippen molar-refractivity contribution in [1.29, 1.82) is 0 Å². The van der Waals surface area contributed by atoms with Gasteiger partial charge in [0.1, 0.15) is 17.5 Å². The monoisotopic (exact) mass is 910 g/mol. The highest BCUT2D eigenvalue weighted by atomic mass is 19.4. The molecule has 2 N–H and O–H groups in total. The third-order valence-electron chi connectivity index (χ3n) is 9.68. The number of rotatable bonds is 10. The zero-order valence-electron chi connectivity index (χ0n) is 35.9. The Labute approximate surface area is 372 Å². The number of hydrogen-bond acceptors (Lipinski definition) is 8. The summed E-state index contributed by atoms with van der Waals surface area (Å²) in [6.07, 6.45) is -10.4. The molecule has 4 heterocycles. The summed E-state index contributed by atoms with van der Waals surface area (Å²) in [6, 6.07) is 33.9. The van der Waals surface area contributed by atoms with Gasteiger partial charge in [-0.3, -0.25) is 18.7 Å². The van der Waals surface area contributed by atoms with Crippen molar-refractivity contribution in [3.05, 3.63) is 176 Å². The fraction of sp³-hybridized carbons (Fsp3) is 0.184. The molecule has 17 heteroatoms. The summed E-state index contributed by atoms with van der Waals surface area (Å²) in [6.45, 7) is 8.60. The molecule has 66 heavy (non-hydrogen) atoms. The van der Waals surface area contributed by atoms with Gasteiger partial charge < -0.3 is 20.1 Å². The molecule has 0 amide bonds. The second kappa shape index (κ2) is 18.8. The highest BCUT2D eigenvalue weighted by molar-refractivity contribution is 5.86. The molecule has 0 unspecified atom stereocenters. The Kier molecular flexibility index (Phi) is 13.2. The number of para-hydroxylation sites is 2. The first kappa shape index (κ1) is 46.3. The fourth-order valence-electron chi connectivity index (χ4n) is 6.96. The minimum Gasteiger partial charge on any atom is -0.475 e. The van der Waals surface area contributed by atoms with Crippen molar-refractivity contribution in [3.8, 4) is 23.1 Å². The summed E-state index contributed by atoms with van der Waals surface area (Å²) in [4.78, 5) is 34.5. The van der Waals surface area contributed by atoms with Gasteiger partial charge >= 0.3 is 12.4 Å². The van der Waals surface area contributed by atoms with Crippen LogP contribution < -0.4 is 31.0 Å². The lowest BCUT2D eigenvalue weighted by atomic mass is 10.1. The maximum absolute atomic E-state index is 14.0. The van der Waals surface area contributed by atoms with Crippen molar-refractivity contribution in [2.45, 2.75) is 59.2 Å². The van der Waals surface area contributed by atoms with E-state index < -0.39 is 63.1 Å². The lowest BCUT2D eigenvalue weighted by Gasteiger charge is -2.21. The molecule has 0 atom stereocenters. The van der Waals surface area contributed by atoms with E-state index in [1.807, 2.05) is 37.3 Å². The van der Waals surface area contributed by atoms with Crippen LogP contribution in [-0.4, -0.2) is 31.3 Å². The summed E-state index contributed by atoms with van der Waals surface area (Å²) >= 11 is 0. The van der Waals surface area contributed by atoms with Crippen LogP contribution in [0.1, 0.15) is 44.4 Å². The van der Waals surface area contributed by atoms with E-state index in [0.29, 0.717) is 22.7 Å². The van der Waals surface area contributed by atoms with Crippen LogP contribution in [0.4, 0.5) is 53.7 Å². The van der Waals surface area contributed by atoms with Crippen LogP contribution in [0.15, 0.2) is 143 Å². The number of nitrogens with zero attached hydrogens (tertiary/aromatic N) is 4. The number of halogens is 7. The number of pyridine rings is 4. The Balaban J connectivity index is 0.000000197. The molecule has 10 nitrogen and oxygen atoms in total. The van der Waals surface area contributed by atoms with Crippen molar-refractivity contribution in [2.24, 2.45) is 0 Å². The molecular formula is C49H41F7N6O4. The van der Waals surface area contributed by atoms with Gasteiger partial charge in [0, 0.05) is 47.0 Å². The number of ether oxygens (including phenoxy) is 2. The van der Waals surface area contributed by atoms with Gasteiger partial charge in [-0.05, 0) is 95.3 Å². The van der Waals surface area contributed by atoms with Crippen molar-refractivity contribution >= 4 is 45.1 Å². The first-order chi connectivity index (χ1) is 31.3. The number of aromatic nitrogens is 4. The summed E-state index contributed by atoms with van der Waals surface area (Å²) < 4.78 is 111. The lowest BCUT2D eigenvalue weighted by molar-refractivity contribution is -0.137. The van der Waals surface area contributed by atoms with Gasteiger partial charge in [-0.2, -0.15) is 36.3 Å². The van der Waals surface area contributed by atoms with Gasteiger partial charge in [-0.15, -0.1) is 0 Å². The summed E-state index contributed by atoms with van der Waals surface area (Å²) in [7, 11) is 0. The minimum absolute atomic E-state index is 0.146. The van der Waals surface area contributed by atoms with E-state index in [2.05, 4.69) is 20.6 Å². The van der Waals surface area contributed by atoms with Crippen molar-refractivity contribution in [2.75, 3.05) is 10.6 Å². The molecule has 0 aliphatic heterocycles. The molecule has 4 aromatic heterocycles. The van der Waals surface area contributed by atoms with Crippen LogP contribution in [0.25, 0.3) is 33.4 Å². The predicted octanol–water partition coefficient (Wildman–Crippen LogP) is 12.3. The normalized spacial score (nSPS) is 11.7. The minimum atomic E-state index is -4.83. The van der Waals surface area contributed by atoms with E-state index in [1.54, 1.807) is 82.3 Å². The number of benzene rings is 4. The standard InChI is InChI=1S/C25H21F4N3O2.C24H20F3N3O2/c1-14(2)34-22-12-19(25(27,28)29)23-20(33)13-21(30-17-8-4-15(3)5-9-17)32(24(23)31-22)18-10-6-16(26)7-11-18;1-15(2)32-21-13-18(24(25,26)27)22-19(31)14-20(28-16-9-5-3-6-10-16)30(23(22)29-21)17-11-7-4-8-12-17/h4-14,30H,1-3H3;3-15,28H,1-2H3. The van der Waals surface area contributed by atoms with Crippen molar-refractivity contribution in [3.63, 3.8) is 0 Å². The van der Waals surface area contributed by atoms with Crippen LogP contribution in [0.3, 0.4) is 0 Å². The van der Waals surface area contributed by atoms with E-state index >= 15 is 0 Å². The van der Waals surface area contributed by atoms with Crippen LogP contribution in [0.5, 0.6) is 11.8 Å². The average molecular weight is 911 g/mol. The molecule has 0 bridgehead atoms. The third-order valence-corrected chi connectivity index (χ3v) is 9.68. The average Bonchev–Trinajstić information content (AvgIpc) is 3.24. The molecule has 0 radical (unpaired) electrons. The van der Waals surface area contributed by atoms with Crippen LogP contribution >= 0.6 is 0 Å². The molecule has 340 valence electrons. The number of nitrogens with one attached hydrogen (secondary N) is 2. The SMILES string of the molecule is CC(C)Oc1cc(C(F)(F)F)c2c(=O)cc(Nc3ccccc3)n(-c3ccccc3)c2n1.Cc1ccc(Nc2cc(=O)c3c(C(F)(F)F)cc(OC(C)C)nc3n2-c2ccc(F)cc2)cc1. The van der Waals surface area contributed by atoms with Crippen molar-refractivity contribution < 1.29 is 40.2 Å². The molecule has 0 spiro atoms. The largest absolute Gasteiger partial charge is 0.475 e. The number of hydrogen-bond donors (Lipinski definition) is 2. The molecule has 0 aliphatic carbocycles. The third kappa shape index (κ3) is 10.5. The van der Waals surface area contributed by atoms with Gasteiger partial charge in [0.25, 0.3) is 0 Å². The van der Waals surface area contributed by atoms with Crippen LogP contribution in [0.2, 0.25) is 0 Å². The van der Waals surface area contributed by atoms with Gasteiger partial charge in [0.15, 0.2) is 22.2 Å². The first-order valence-electron chi connectivity index (χ1n) is 20.4. The Morgan fingerprint density at radius 2 is 0.924 bits per heavy atom. The van der Waals surface area contributed by atoms with Gasteiger partial charge in [0.2, 0.25) is 11.8 Å². The lowest BCUT2D eigenvalue weighted by Crippen LogP contribution is -2.19. The number of anilines is 4. The summed E-state index contributed by atoms with van der Waals surface area (Å²) in [5, 5.41) is 5.07. The molecule has 0 saturated carbocycles. The maximum Gasteiger partial charge on any atom is 0.417 e. The smallest absolute Gasteiger partial charge is 0.417 e. The van der Waals surface area contributed by atoms with Crippen LogP contribution in [-0.2, 0) is 12.4 Å². The quantitative estimate of drug-likeness (QED) is 0.131. The topological polar surface area (TPSA) is 112 Å². The molecular weight excluding hydrogens is 870 g/mol. The van der Waals surface area contributed by atoms with E-state index in [1.165, 1.54) is 33.4 Å². The number of aryl methyl sites for hydroxylation is 1. The first-order valence-corrected chi connectivity index (χ1v) is 20.4. The van der Waals surface area contributed by atoms with Gasteiger partial charge in [-0.1, -0.05) is 54.1 Å². The predicted molar refractivity (Wildman–Crippen MR) is 240 cm³/mol. The second-order valence-electron chi connectivity index (χ2n) is 15.5. The Morgan fingerprint density at radius 3 is 1.33 bits per heavy atom.